The molecule has 1 fully saturated rings. The number of carboxylic acid groups (broad SMARTS) is 1. The number of amides is 1. The van der Waals surface area contributed by atoms with E-state index in [4.69, 9.17) is 5.11 Å². The van der Waals surface area contributed by atoms with Crippen molar-refractivity contribution in [2.75, 3.05) is 13.1 Å². The molecule has 21 heavy (non-hydrogen) atoms. The highest BCUT2D eigenvalue weighted by Crippen LogP contribution is 2.29. The largest absolute Gasteiger partial charge is 0.465 e. The summed E-state index contributed by atoms with van der Waals surface area (Å²) in [7, 11) is -3.60. The topological polar surface area (TPSA) is 74.7 Å². The number of hydrogen-bond acceptors (Lipinski definition) is 3. The summed E-state index contributed by atoms with van der Waals surface area (Å²) in [6.45, 7) is 2.29. The Morgan fingerprint density at radius 3 is 2.52 bits per heavy atom. The lowest BCUT2D eigenvalue weighted by Crippen LogP contribution is -2.41. The van der Waals surface area contributed by atoms with Crippen LogP contribution in [0.3, 0.4) is 0 Å². The van der Waals surface area contributed by atoms with Crippen molar-refractivity contribution in [3.8, 4) is 0 Å². The SMILES string of the molecule is CC(C1CCN(C(=O)O)CC1)S(=O)(=O)c1cccc(F)c1. The van der Waals surface area contributed by atoms with Gasteiger partial charge in [0.15, 0.2) is 9.84 Å². The molecule has 0 radical (unpaired) electrons. The zero-order valence-electron chi connectivity index (χ0n) is 11.7. The first-order valence-electron chi connectivity index (χ1n) is 6.79. The molecule has 1 aromatic carbocycles. The van der Waals surface area contributed by atoms with E-state index in [2.05, 4.69) is 0 Å². The summed E-state index contributed by atoms with van der Waals surface area (Å²) in [5, 5.41) is 8.24. The van der Waals surface area contributed by atoms with Crippen molar-refractivity contribution in [2.24, 2.45) is 5.92 Å². The molecule has 0 aliphatic carbocycles. The summed E-state index contributed by atoms with van der Waals surface area (Å²) >= 11 is 0. The average molecular weight is 315 g/mol. The standard InChI is InChI=1S/C14H18FNO4S/c1-10(11-5-7-16(8-6-11)14(17)18)21(19,20)13-4-2-3-12(15)9-13/h2-4,9-11H,5-8H2,1H3,(H,17,18). The zero-order valence-corrected chi connectivity index (χ0v) is 12.5. The molecule has 0 spiro atoms. The van der Waals surface area contributed by atoms with Gasteiger partial charge in [0.05, 0.1) is 10.1 Å². The van der Waals surface area contributed by atoms with E-state index in [-0.39, 0.29) is 10.8 Å². The number of benzene rings is 1. The Kier molecular flexibility index (Phi) is 4.51. The molecule has 0 aromatic heterocycles. The molecule has 1 unspecified atom stereocenters. The first-order chi connectivity index (χ1) is 9.82. The molecule has 7 heteroatoms. The molecule has 1 N–H and O–H groups in total. The predicted octanol–water partition coefficient (Wildman–Crippen LogP) is 2.38. The number of rotatable bonds is 3. The Morgan fingerprint density at radius 2 is 2.00 bits per heavy atom. The van der Waals surface area contributed by atoms with Gasteiger partial charge >= 0.3 is 6.09 Å². The summed E-state index contributed by atoms with van der Waals surface area (Å²) < 4.78 is 38.2. The number of halogens is 1. The van der Waals surface area contributed by atoms with Gasteiger partial charge in [0.2, 0.25) is 0 Å². The van der Waals surface area contributed by atoms with Crippen LogP contribution in [-0.4, -0.2) is 42.9 Å². The predicted molar refractivity (Wildman–Crippen MR) is 75.4 cm³/mol. The molecular formula is C14H18FNO4S. The van der Waals surface area contributed by atoms with Gasteiger partial charge in [-0.15, -0.1) is 0 Å². The lowest BCUT2D eigenvalue weighted by molar-refractivity contribution is 0.124. The van der Waals surface area contributed by atoms with Crippen molar-refractivity contribution < 1.29 is 22.7 Å². The normalized spacial score (nSPS) is 18.5. The lowest BCUT2D eigenvalue weighted by Gasteiger charge is -2.33. The van der Waals surface area contributed by atoms with Crippen LogP contribution in [-0.2, 0) is 9.84 Å². The second-order valence-electron chi connectivity index (χ2n) is 5.31. The van der Waals surface area contributed by atoms with E-state index >= 15 is 0 Å². The average Bonchev–Trinajstić information content (AvgIpc) is 2.46. The van der Waals surface area contributed by atoms with E-state index in [9.17, 15) is 17.6 Å². The van der Waals surface area contributed by atoms with Crippen LogP contribution < -0.4 is 0 Å². The minimum Gasteiger partial charge on any atom is -0.465 e. The van der Waals surface area contributed by atoms with Gasteiger partial charge in [-0.05, 0) is 43.9 Å². The van der Waals surface area contributed by atoms with E-state index in [0.717, 1.165) is 6.07 Å². The van der Waals surface area contributed by atoms with Gasteiger partial charge in [-0.3, -0.25) is 0 Å². The summed E-state index contributed by atoms with van der Waals surface area (Å²) in [5.41, 5.74) is 0. The first kappa shape index (κ1) is 15.8. The highest BCUT2D eigenvalue weighted by Gasteiger charge is 2.34. The molecule has 1 amide bonds. The van der Waals surface area contributed by atoms with Crippen molar-refractivity contribution in [2.45, 2.75) is 29.9 Å². The van der Waals surface area contributed by atoms with Crippen LogP contribution in [0.5, 0.6) is 0 Å². The van der Waals surface area contributed by atoms with Crippen LogP contribution in [0.2, 0.25) is 0 Å². The van der Waals surface area contributed by atoms with E-state index < -0.39 is 27.0 Å². The fourth-order valence-electron chi connectivity index (χ4n) is 2.67. The third-order valence-corrected chi connectivity index (χ3v) is 6.36. The maximum Gasteiger partial charge on any atom is 0.407 e. The Bertz CT molecular complexity index is 624. The van der Waals surface area contributed by atoms with E-state index in [1.807, 2.05) is 0 Å². The second kappa shape index (κ2) is 6.01. The summed E-state index contributed by atoms with van der Waals surface area (Å²) in [6, 6.07) is 5.00. The third kappa shape index (κ3) is 3.34. The zero-order chi connectivity index (χ0) is 15.6. The minimum atomic E-state index is -3.60. The van der Waals surface area contributed by atoms with Gasteiger partial charge < -0.3 is 10.0 Å². The minimum absolute atomic E-state index is 0.0179. The molecule has 2 rings (SSSR count). The maximum atomic E-state index is 13.2. The Hall–Kier alpha value is -1.63. The fourth-order valence-corrected chi connectivity index (χ4v) is 4.43. The number of carbonyl (C=O) groups is 1. The number of piperidine rings is 1. The summed E-state index contributed by atoms with van der Waals surface area (Å²) in [4.78, 5) is 12.1. The Labute approximate surface area is 123 Å². The van der Waals surface area contributed by atoms with Crippen molar-refractivity contribution in [3.63, 3.8) is 0 Å². The monoisotopic (exact) mass is 315 g/mol. The Morgan fingerprint density at radius 1 is 1.38 bits per heavy atom. The van der Waals surface area contributed by atoms with E-state index in [0.29, 0.717) is 25.9 Å². The smallest absolute Gasteiger partial charge is 0.407 e. The van der Waals surface area contributed by atoms with Crippen LogP contribution >= 0.6 is 0 Å². The van der Waals surface area contributed by atoms with Gasteiger partial charge in [0, 0.05) is 13.1 Å². The molecule has 5 nitrogen and oxygen atoms in total. The number of likely N-dealkylation sites (tertiary alicyclic amines) is 1. The van der Waals surface area contributed by atoms with Crippen LogP contribution in [0.25, 0.3) is 0 Å². The number of sulfone groups is 1. The lowest BCUT2D eigenvalue weighted by atomic mass is 9.94. The molecule has 116 valence electrons. The van der Waals surface area contributed by atoms with Gasteiger partial charge in [-0.2, -0.15) is 0 Å². The van der Waals surface area contributed by atoms with Crippen molar-refractivity contribution in [1.29, 1.82) is 0 Å². The van der Waals surface area contributed by atoms with Crippen molar-refractivity contribution in [1.82, 2.24) is 4.90 Å². The molecule has 1 aromatic rings. The van der Waals surface area contributed by atoms with Gasteiger partial charge in [-0.25, -0.2) is 17.6 Å². The van der Waals surface area contributed by atoms with Crippen LogP contribution in [0.15, 0.2) is 29.2 Å². The van der Waals surface area contributed by atoms with Crippen LogP contribution in [0, 0.1) is 11.7 Å². The molecule has 1 heterocycles. The van der Waals surface area contributed by atoms with Crippen LogP contribution in [0.4, 0.5) is 9.18 Å². The molecule has 0 bridgehead atoms. The van der Waals surface area contributed by atoms with Gasteiger partial charge in [0.1, 0.15) is 5.82 Å². The van der Waals surface area contributed by atoms with Gasteiger partial charge in [-0.1, -0.05) is 6.07 Å². The molecule has 1 aliphatic rings. The van der Waals surface area contributed by atoms with Gasteiger partial charge in [0.25, 0.3) is 0 Å². The molecular weight excluding hydrogens is 297 g/mol. The number of hydrogen-bond donors (Lipinski definition) is 1. The quantitative estimate of drug-likeness (QED) is 0.929. The van der Waals surface area contributed by atoms with Crippen LogP contribution in [0.1, 0.15) is 19.8 Å². The summed E-state index contributed by atoms with van der Waals surface area (Å²) in [5.74, 6) is -0.696. The van der Waals surface area contributed by atoms with E-state index in [1.54, 1.807) is 6.92 Å². The third-order valence-electron chi connectivity index (χ3n) is 4.09. The highest BCUT2D eigenvalue weighted by molar-refractivity contribution is 7.92. The molecule has 0 saturated carbocycles. The Balaban J connectivity index is 2.13. The van der Waals surface area contributed by atoms with Crippen molar-refractivity contribution in [3.05, 3.63) is 30.1 Å². The highest BCUT2D eigenvalue weighted by atomic mass is 32.2. The van der Waals surface area contributed by atoms with Crippen molar-refractivity contribution >= 4 is 15.9 Å². The first-order valence-corrected chi connectivity index (χ1v) is 8.34. The summed E-state index contributed by atoms with van der Waals surface area (Å²) in [6.07, 6.45) is 0.0263. The maximum absolute atomic E-state index is 13.2. The fraction of sp³-hybridized carbons (Fsp3) is 0.500. The molecule has 1 saturated heterocycles. The number of nitrogens with zero attached hydrogens (tertiary/aromatic N) is 1. The molecule has 1 aliphatic heterocycles. The van der Waals surface area contributed by atoms with E-state index in [1.165, 1.54) is 23.1 Å². The second-order valence-corrected chi connectivity index (χ2v) is 7.62. The molecule has 1 atom stereocenters.